The number of nitrogens with zero attached hydrogens (tertiary/aromatic N) is 2. The number of rotatable bonds is 3. The SMILES string of the molecule is c1ccc(-n2c3ccccc3c3ccc4c(c32)C2(c3ccccc3-4)c3ccccc3-c3ccc4c5cc(-c6cccc7c6oc6ccccc67)ccc5n(-c5ccccc5)c4c32)cc1. The fourth-order valence-corrected chi connectivity index (χ4v) is 12.1. The number of para-hydroxylation sites is 5. The van der Waals surface area contributed by atoms with Crippen molar-refractivity contribution in [2.75, 3.05) is 0 Å². The van der Waals surface area contributed by atoms with Gasteiger partial charge in [-0.2, -0.15) is 0 Å². The molecule has 3 heterocycles. The molecule has 0 bridgehead atoms. The molecule has 2 aliphatic carbocycles. The topological polar surface area (TPSA) is 23.0 Å². The van der Waals surface area contributed by atoms with E-state index in [4.69, 9.17) is 4.42 Å². The molecule has 0 radical (unpaired) electrons. The van der Waals surface area contributed by atoms with Crippen LogP contribution in [-0.4, -0.2) is 9.13 Å². The van der Waals surface area contributed by atoms with E-state index in [0.29, 0.717) is 0 Å². The van der Waals surface area contributed by atoms with Crippen LogP contribution in [0.15, 0.2) is 223 Å². The number of hydrogen-bond acceptors (Lipinski definition) is 1. The standard InChI is InChI=1S/C61H36N2O/c1-3-16-38(17-4-1)62-53-28-13-9-22-43(53)47-33-31-45-41-20-7-11-26-51(41)61(56(45)58(47)62)52-27-12-8-21-42(52)46-32-34-48-50-36-37(40-24-15-25-49-44-23-10-14-29-55(44)64-60(40)49)30-35-54(50)63(59(48)57(46)61)39-18-5-2-6-19-39/h1-36H. The van der Waals surface area contributed by atoms with Gasteiger partial charge in [0, 0.05) is 60.4 Å². The van der Waals surface area contributed by atoms with Crippen molar-refractivity contribution in [3.05, 3.63) is 241 Å². The minimum absolute atomic E-state index is 0.651. The molecule has 0 aliphatic heterocycles. The maximum atomic E-state index is 6.63. The van der Waals surface area contributed by atoms with E-state index in [1.807, 2.05) is 6.07 Å². The van der Waals surface area contributed by atoms with Gasteiger partial charge in [-0.25, -0.2) is 0 Å². The van der Waals surface area contributed by atoms with Crippen LogP contribution in [0.4, 0.5) is 0 Å². The molecule has 1 atom stereocenters. The molecule has 296 valence electrons. The summed E-state index contributed by atoms with van der Waals surface area (Å²) in [6.45, 7) is 0. The van der Waals surface area contributed by atoms with Crippen molar-refractivity contribution >= 4 is 65.6 Å². The van der Waals surface area contributed by atoms with Crippen molar-refractivity contribution in [2.24, 2.45) is 0 Å². The maximum Gasteiger partial charge on any atom is 0.143 e. The molecule has 1 unspecified atom stereocenters. The molecule has 0 amide bonds. The minimum atomic E-state index is -0.651. The normalized spacial score (nSPS) is 14.9. The Balaban J connectivity index is 1.13. The second kappa shape index (κ2) is 12.4. The molecule has 2 aliphatic rings. The van der Waals surface area contributed by atoms with Gasteiger partial charge in [0.2, 0.25) is 0 Å². The van der Waals surface area contributed by atoms with Crippen LogP contribution in [0.3, 0.4) is 0 Å². The van der Waals surface area contributed by atoms with Gasteiger partial charge in [-0.15, -0.1) is 0 Å². The molecular formula is C61H36N2O. The Labute approximate surface area is 368 Å². The zero-order valence-electron chi connectivity index (χ0n) is 34.6. The van der Waals surface area contributed by atoms with E-state index >= 15 is 0 Å². The van der Waals surface area contributed by atoms with Crippen molar-refractivity contribution in [2.45, 2.75) is 5.41 Å². The summed E-state index contributed by atoms with van der Waals surface area (Å²) in [5.74, 6) is 0. The first-order valence-electron chi connectivity index (χ1n) is 22.2. The van der Waals surface area contributed by atoms with Crippen molar-refractivity contribution in [1.29, 1.82) is 0 Å². The first kappa shape index (κ1) is 34.2. The second-order valence-corrected chi connectivity index (χ2v) is 17.5. The Morgan fingerprint density at radius 2 is 0.844 bits per heavy atom. The Morgan fingerprint density at radius 3 is 1.52 bits per heavy atom. The van der Waals surface area contributed by atoms with Crippen molar-refractivity contribution in [1.82, 2.24) is 9.13 Å². The van der Waals surface area contributed by atoms with E-state index in [1.54, 1.807) is 0 Å². The van der Waals surface area contributed by atoms with E-state index in [0.717, 1.165) is 44.4 Å². The molecule has 15 rings (SSSR count). The molecule has 0 saturated carbocycles. The molecule has 3 heteroatoms. The number of hydrogen-bond donors (Lipinski definition) is 0. The third-order valence-corrected chi connectivity index (χ3v) is 14.5. The third kappa shape index (κ3) is 4.17. The highest BCUT2D eigenvalue weighted by Gasteiger charge is 2.54. The van der Waals surface area contributed by atoms with Gasteiger partial charge in [-0.1, -0.05) is 170 Å². The number of benzene rings is 10. The summed E-state index contributed by atoms with van der Waals surface area (Å²) >= 11 is 0. The quantitative estimate of drug-likeness (QED) is 0.174. The lowest BCUT2D eigenvalue weighted by Crippen LogP contribution is -2.27. The van der Waals surface area contributed by atoms with Gasteiger partial charge in [-0.05, 0) is 87.5 Å². The third-order valence-electron chi connectivity index (χ3n) is 14.5. The Bertz CT molecular complexity index is 4120. The predicted octanol–water partition coefficient (Wildman–Crippen LogP) is 15.8. The van der Waals surface area contributed by atoms with Crippen molar-refractivity contribution in [3.8, 4) is 44.8 Å². The van der Waals surface area contributed by atoms with Crippen LogP contribution in [0.5, 0.6) is 0 Å². The van der Waals surface area contributed by atoms with Gasteiger partial charge in [0.15, 0.2) is 0 Å². The van der Waals surface area contributed by atoms with Gasteiger partial charge in [0.25, 0.3) is 0 Å². The molecular weight excluding hydrogens is 777 g/mol. The molecule has 0 saturated heterocycles. The zero-order valence-corrected chi connectivity index (χ0v) is 34.6. The molecule has 3 nitrogen and oxygen atoms in total. The second-order valence-electron chi connectivity index (χ2n) is 17.5. The van der Waals surface area contributed by atoms with Crippen LogP contribution in [0.2, 0.25) is 0 Å². The average Bonchev–Trinajstić information content (AvgIpc) is 4.15. The van der Waals surface area contributed by atoms with E-state index < -0.39 is 5.41 Å². The molecule has 0 N–H and O–H groups in total. The van der Waals surface area contributed by atoms with Gasteiger partial charge in [0.05, 0.1) is 27.5 Å². The van der Waals surface area contributed by atoms with E-state index in [-0.39, 0.29) is 0 Å². The summed E-state index contributed by atoms with van der Waals surface area (Å²) in [7, 11) is 0. The highest BCUT2D eigenvalue weighted by Crippen LogP contribution is 2.66. The molecule has 13 aromatic rings. The summed E-state index contributed by atoms with van der Waals surface area (Å²) in [6, 6.07) is 80.8. The Morgan fingerprint density at radius 1 is 0.328 bits per heavy atom. The van der Waals surface area contributed by atoms with Crippen LogP contribution < -0.4 is 0 Å². The van der Waals surface area contributed by atoms with E-state index in [1.165, 1.54) is 88.1 Å². The first-order valence-corrected chi connectivity index (χ1v) is 22.2. The molecule has 1 spiro atoms. The fraction of sp³-hybridized carbons (Fsp3) is 0.0164. The highest BCUT2D eigenvalue weighted by molar-refractivity contribution is 6.19. The van der Waals surface area contributed by atoms with Gasteiger partial charge < -0.3 is 13.6 Å². The van der Waals surface area contributed by atoms with Gasteiger partial charge in [-0.3, -0.25) is 0 Å². The Kier molecular flexibility index (Phi) is 6.61. The van der Waals surface area contributed by atoms with Crippen molar-refractivity contribution in [3.63, 3.8) is 0 Å². The van der Waals surface area contributed by atoms with Crippen LogP contribution >= 0.6 is 0 Å². The predicted molar refractivity (Wildman–Crippen MR) is 264 cm³/mol. The van der Waals surface area contributed by atoms with Crippen molar-refractivity contribution < 1.29 is 4.42 Å². The van der Waals surface area contributed by atoms with E-state index in [9.17, 15) is 0 Å². The molecule has 10 aromatic carbocycles. The largest absolute Gasteiger partial charge is 0.455 e. The van der Waals surface area contributed by atoms with Crippen LogP contribution in [0, 0.1) is 0 Å². The van der Waals surface area contributed by atoms with E-state index in [2.05, 4.69) is 221 Å². The lowest BCUT2D eigenvalue weighted by Gasteiger charge is -2.32. The van der Waals surface area contributed by atoms with Gasteiger partial charge >= 0.3 is 0 Å². The maximum absolute atomic E-state index is 6.63. The summed E-state index contributed by atoms with van der Waals surface area (Å²) in [6.07, 6.45) is 0. The zero-order chi connectivity index (χ0) is 41.7. The smallest absolute Gasteiger partial charge is 0.143 e. The van der Waals surface area contributed by atoms with Crippen LogP contribution in [-0.2, 0) is 5.41 Å². The van der Waals surface area contributed by atoms with Crippen LogP contribution in [0.1, 0.15) is 22.3 Å². The molecule has 0 fully saturated rings. The number of furan rings is 1. The molecule has 3 aromatic heterocycles. The number of aromatic nitrogens is 2. The summed E-state index contributed by atoms with van der Waals surface area (Å²) in [5, 5.41) is 7.22. The fourth-order valence-electron chi connectivity index (χ4n) is 12.1. The number of fused-ring (bicyclic) bond motifs is 21. The Hall–Kier alpha value is -8.40. The molecule has 64 heavy (non-hydrogen) atoms. The lowest BCUT2D eigenvalue weighted by molar-refractivity contribution is 0.670. The minimum Gasteiger partial charge on any atom is -0.455 e. The average molecular weight is 813 g/mol. The summed E-state index contributed by atoms with van der Waals surface area (Å²) in [5.41, 5.74) is 21.0. The highest BCUT2D eigenvalue weighted by atomic mass is 16.3. The monoisotopic (exact) mass is 812 g/mol. The van der Waals surface area contributed by atoms with Gasteiger partial charge in [0.1, 0.15) is 11.2 Å². The van der Waals surface area contributed by atoms with Crippen LogP contribution in [0.25, 0.3) is 110 Å². The summed E-state index contributed by atoms with van der Waals surface area (Å²) in [4.78, 5) is 0. The first-order chi connectivity index (χ1) is 31.8. The summed E-state index contributed by atoms with van der Waals surface area (Å²) < 4.78 is 11.7. The lowest BCUT2D eigenvalue weighted by atomic mass is 9.69.